The summed E-state index contributed by atoms with van der Waals surface area (Å²) in [5, 5.41) is 15.0. The Balaban J connectivity index is 1.76. The van der Waals surface area contributed by atoms with E-state index >= 15 is 0 Å². The molecule has 1 aliphatic rings. The SMILES string of the molecule is CN(C)CCc1c[nH]c2ccc(NC(=N)C3CC=CS3)cc12. The zero-order valence-corrected chi connectivity index (χ0v) is 13.8. The van der Waals surface area contributed by atoms with Gasteiger partial charge in [-0.1, -0.05) is 6.08 Å². The number of H-pyrrole nitrogens is 1. The number of hydrogen-bond acceptors (Lipinski definition) is 3. The maximum Gasteiger partial charge on any atom is 0.112 e. The molecule has 2 aromatic rings. The molecule has 0 saturated heterocycles. The predicted molar refractivity (Wildman–Crippen MR) is 97.0 cm³/mol. The Labute approximate surface area is 135 Å². The molecule has 0 aliphatic carbocycles. The van der Waals surface area contributed by atoms with Gasteiger partial charge in [-0.15, -0.1) is 11.8 Å². The molecule has 1 aliphatic heterocycles. The fraction of sp³-hybridized carbons (Fsp3) is 0.353. The summed E-state index contributed by atoms with van der Waals surface area (Å²) in [5.74, 6) is 0.583. The third kappa shape index (κ3) is 3.36. The molecular weight excluding hydrogens is 292 g/mol. The summed E-state index contributed by atoms with van der Waals surface area (Å²) < 4.78 is 0. The Bertz CT molecular complexity index is 694. The number of likely N-dealkylation sites (N-methyl/N-ethyl adjacent to an activating group) is 1. The first-order chi connectivity index (χ1) is 10.6. The first-order valence-electron chi connectivity index (χ1n) is 7.54. The number of benzene rings is 1. The lowest BCUT2D eigenvalue weighted by atomic mass is 10.1. The molecule has 0 radical (unpaired) electrons. The molecular formula is C17H22N4S. The second-order valence-corrected chi connectivity index (χ2v) is 7.01. The molecule has 0 fully saturated rings. The van der Waals surface area contributed by atoms with Crippen molar-refractivity contribution < 1.29 is 0 Å². The number of thioether (sulfide) groups is 1. The lowest BCUT2D eigenvalue weighted by Crippen LogP contribution is -2.22. The van der Waals surface area contributed by atoms with Gasteiger partial charge in [0.05, 0.1) is 5.25 Å². The molecule has 1 aromatic carbocycles. The van der Waals surface area contributed by atoms with E-state index in [1.54, 1.807) is 11.8 Å². The lowest BCUT2D eigenvalue weighted by molar-refractivity contribution is 0.414. The van der Waals surface area contributed by atoms with Crippen LogP contribution in [0.4, 0.5) is 5.69 Å². The number of rotatable bonds is 5. The van der Waals surface area contributed by atoms with Crippen molar-refractivity contribution in [1.29, 1.82) is 5.41 Å². The van der Waals surface area contributed by atoms with Crippen molar-refractivity contribution in [2.24, 2.45) is 0 Å². The van der Waals surface area contributed by atoms with Crippen LogP contribution >= 0.6 is 11.8 Å². The van der Waals surface area contributed by atoms with E-state index in [1.165, 1.54) is 10.9 Å². The number of fused-ring (bicyclic) bond motifs is 1. The zero-order chi connectivity index (χ0) is 15.5. The van der Waals surface area contributed by atoms with Crippen LogP contribution in [0, 0.1) is 5.41 Å². The summed E-state index contributed by atoms with van der Waals surface area (Å²) in [6.45, 7) is 1.03. The second kappa shape index (κ2) is 6.58. The summed E-state index contributed by atoms with van der Waals surface area (Å²) in [6.07, 6.45) is 6.19. The van der Waals surface area contributed by atoms with Crippen molar-refractivity contribution in [3.05, 3.63) is 41.4 Å². The molecule has 4 nitrogen and oxygen atoms in total. The van der Waals surface area contributed by atoms with Crippen LogP contribution in [0.1, 0.15) is 12.0 Å². The highest BCUT2D eigenvalue weighted by atomic mass is 32.2. The zero-order valence-electron chi connectivity index (χ0n) is 13.0. The minimum Gasteiger partial charge on any atom is -0.361 e. The quantitative estimate of drug-likeness (QED) is 0.583. The monoisotopic (exact) mass is 314 g/mol. The van der Waals surface area contributed by atoms with Gasteiger partial charge in [0.15, 0.2) is 0 Å². The first kappa shape index (κ1) is 15.2. The van der Waals surface area contributed by atoms with E-state index in [9.17, 15) is 0 Å². The highest BCUT2D eigenvalue weighted by Gasteiger charge is 2.17. The van der Waals surface area contributed by atoms with Crippen molar-refractivity contribution >= 4 is 34.2 Å². The van der Waals surface area contributed by atoms with Crippen LogP contribution in [0.25, 0.3) is 10.9 Å². The molecule has 5 heteroatoms. The maximum atomic E-state index is 8.20. The number of nitrogens with zero attached hydrogens (tertiary/aromatic N) is 1. The number of aromatic nitrogens is 1. The molecule has 116 valence electrons. The average molecular weight is 314 g/mol. The van der Waals surface area contributed by atoms with Crippen molar-refractivity contribution in [3.63, 3.8) is 0 Å². The second-order valence-electron chi connectivity index (χ2n) is 5.90. The fourth-order valence-corrected chi connectivity index (χ4v) is 3.44. The highest BCUT2D eigenvalue weighted by Crippen LogP contribution is 2.27. The van der Waals surface area contributed by atoms with Gasteiger partial charge in [-0.2, -0.15) is 0 Å². The summed E-state index contributed by atoms with van der Waals surface area (Å²) in [4.78, 5) is 5.53. The Morgan fingerprint density at radius 2 is 2.32 bits per heavy atom. The number of hydrogen-bond donors (Lipinski definition) is 3. The number of amidine groups is 1. The van der Waals surface area contributed by atoms with Gasteiger partial charge in [0.25, 0.3) is 0 Å². The number of anilines is 1. The van der Waals surface area contributed by atoms with E-state index in [4.69, 9.17) is 5.41 Å². The number of aromatic amines is 1. The van der Waals surface area contributed by atoms with Gasteiger partial charge in [0.2, 0.25) is 0 Å². The third-order valence-corrected chi connectivity index (χ3v) is 4.99. The number of nitrogens with one attached hydrogen (secondary N) is 3. The predicted octanol–water partition coefficient (Wildman–Crippen LogP) is 3.68. The Morgan fingerprint density at radius 3 is 3.05 bits per heavy atom. The van der Waals surface area contributed by atoms with Crippen molar-refractivity contribution in [2.75, 3.05) is 26.0 Å². The van der Waals surface area contributed by atoms with Gasteiger partial charge in [-0.25, -0.2) is 0 Å². The molecule has 3 N–H and O–H groups in total. The van der Waals surface area contributed by atoms with E-state index in [2.05, 4.69) is 59.1 Å². The fourth-order valence-electron chi connectivity index (χ4n) is 2.61. The largest absolute Gasteiger partial charge is 0.361 e. The topological polar surface area (TPSA) is 54.9 Å². The lowest BCUT2D eigenvalue weighted by Gasteiger charge is -2.13. The molecule has 1 unspecified atom stereocenters. The van der Waals surface area contributed by atoms with Gasteiger partial charge in [-0.3, -0.25) is 5.41 Å². The highest BCUT2D eigenvalue weighted by molar-refractivity contribution is 8.03. The van der Waals surface area contributed by atoms with E-state index in [0.717, 1.165) is 30.6 Å². The summed E-state index contributed by atoms with van der Waals surface area (Å²) in [7, 11) is 4.19. The molecule has 0 saturated carbocycles. The normalized spacial score (nSPS) is 17.5. The van der Waals surface area contributed by atoms with E-state index < -0.39 is 0 Å². The van der Waals surface area contributed by atoms with Gasteiger partial charge in [0, 0.05) is 29.3 Å². The van der Waals surface area contributed by atoms with Crippen LogP contribution in [-0.2, 0) is 6.42 Å². The van der Waals surface area contributed by atoms with Crippen molar-refractivity contribution in [1.82, 2.24) is 9.88 Å². The molecule has 0 amide bonds. The van der Waals surface area contributed by atoms with Gasteiger partial charge in [-0.05, 0) is 56.1 Å². The average Bonchev–Trinajstić information content (AvgIpc) is 3.14. The minimum absolute atomic E-state index is 0.232. The Kier molecular flexibility index (Phi) is 4.55. The van der Waals surface area contributed by atoms with Gasteiger partial charge in [0.1, 0.15) is 5.84 Å². The summed E-state index contributed by atoms with van der Waals surface area (Å²) in [6, 6.07) is 6.28. The smallest absolute Gasteiger partial charge is 0.112 e. The van der Waals surface area contributed by atoms with Gasteiger partial charge < -0.3 is 15.2 Å². The molecule has 22 heavy (non-hydrogen) atoms. The van der Waals surface area contributed by atoms with Crippen molar-refractivity contribution in [3.8, 4) is 0 Å². The minimum atomic E-state index is 0.232. The molecule has 3 rings (SSSR count). The molecule has 2 heterocycles. The standard InChI is InChI=1S/C17H22N4S/c1-21(2)8-7-12-11-19-15-6-5-13(10-14(12)15)20-17(18)16-4-3-9-22-16/h3,5-6,9-11,16,19H,4,7-8H2,1-2H3,(H2,18,20). The van der Waals surface area contributed by atoms with Crippen LogP contribution in [-0.4, -0.2) is 41.6 Å². The Morgan fingerprint density at radius 1 is 1.45 bits per heavy atom. The Hall–Kier alpha value is -1.72. The van der Waals surface area contributed by atoms with Crippen LogP contribution in [0.15, 0.2) is 35.9 Å². The molecule has 0 bridgehead atoms. The van der Waals surface area contributed by atoms with E-state index in [0.29, 0.717) is 5.84 Å². The van der Waals surface area contributed by atoms with Crippen LogP contribution in [0.3, 0.4) is 0 Å². The molecule has 1 aromatic heterocycles. The molecule has 1 atom stereocenters. The van der Waals surface area contributed by atoms with Crippen LogP contribution in [0.5, 0.6) is 0 Å². The van der Waals surface area contributed by atoms with Crippen LogP contribution < -0.4 is 5.32 Å². The number of allylic oxidation sites excluding steroid dienone is 1. The van der Waals surface area contributed by atoms with E-state index in [-0.39, 0.29) is 5.25 Å². The van der Waals surface area contributed by atoms with Crippen molar-refractivity contribution in [2.45, 2.75) is 18.1 Å². The maximum absolute atomic E-state index is 8.20. The third-order valence-electron chi connectivity index (χ3n) is 3.89. The van der Waals surface area contributed by atoms with Crippen LogP contribution in [0.2, 0.25) is 0 Å². The summed E-state index contributed by atoms with van der Waals surface area (Å²) >= 11 is 1.71. The molecule has 0 spiro atoms. The van der Waals surface area contributed by atoms with E-state index in [1.807, 2.05) is 6.07 Å². The first-order valence-corrected chi connectivity index (χ1v) is 8.48. The summed E-state index contributed by atoms with van der Waals surface area (Å²) in [5.41, 5.74) is 3.48. The van der Waals surface area contributed by atoms with Gasteiger partial charge >= 0.3 is 0 Å².